The van der Waals surface area contributed by atoms with Crippen molar-refractivity contribution in [2.24, 2.45) is 0 Å². The molecule has 1 aromatic carbocycles. The van der Waals surface area contributed by atoms with Crippen molar-refractivity contribution in [1.29, 1.82) is 5.26 Å². The topological polar surface area (TPSA) is 62.1 Å². The Morgan fingerprint density at radius 3 is 2.85 bits per heavy atom. The lowest BCUT2D eigenvalue weighted by atomic mass is 9.75. The number of fused-ring (bicyclic) bond motifs is 1. The quantitative estimate of drug-likeness (QED) is 0.823. The molecule has 0 amide bonds. The summed E-state index contributed by atoms with van der Waals surface area (Å²) in [4.78, 5) is 12.7. The van der Waals surface area contributed by atoms with Crippen LogP contribution in [0.1, 0.15) is 63.5 Å². The third-order valence-corrected chi connectivity index (χ3v) is 5.70. The molecule has 0 saturated carbocycles. The Bertz CT molecular complexity index is 899. The van der Waals surface area contributed by atoms with E-state index in [0.717, 1.165) is 54.0 Å². The second-order valence-corrected chi connectivity index (χ2v) is 8.11. The lowest BCUT2D eigenvalue weighted by Crippen LogP contribution is -2.33. The van der Waals surface area contributed by atoms with Gasteiger partial charge < -0.3 is 10.1 Å². The van der Waals surface area contributed by atoms with E-state index in [2.05, 4.69) is 31.3 Å². The molecule has 2 heterocycles. The molecule has 0 spiro atoms. The van der Waals surface area contributed by atoms with Crippen LogP contribution in [-0.2, 0) is 11.2 Å². The maximum atomic E-state index is 12.7. The van der Waals surface area contributed by atoms with E-state index in [1.54, 1.807) is 0 Å². The molecule has 4 nitrogen and oxygen atoms in total. The Hall–Kier alpha value is -2.54. The van der Waals surface area contributed by atoms with Crippen LogP contribution in [0.15, 0.2) is 40.7 Å². The Kier molecular flexibility index (Phi) is 3.91. The van der Waals surface area contributed by atoms with Crippen LogP contribution in [0.25, 0.3) is 0 Å². The predicted octanol–water partition coefficient (Wildman–Crippen LogP) is 4.28. The monoisotopic (exact) mass is 348 g/mol. The van der Waals surface area contributed by atoms with Crippen LogP contribution in [0.2, 0.25) is 0 Å². The van der Waals surface area contributed by atoms with Gasteiger partial charge in [0.2, 0.25) is 0 Å². The first-order chi connectivity index (χ1) is 12.4. The molecule has 1 N–H and O–H groups in total. The van der Waals surface area contributed by atoms with E-state index in [4.69, 9.17) is 4.74 Å². The van der Waals surface area contributed by atoms with E-state index in [0.29, 0.717) is 12.0 Å². The molecule has 0 unspecified atom stereocenters. The van der Waals surface area contributed by atoms with Crippen molar-refractivity contribution in [3.05, 3.63) is 51.9 Å². The smallest absolute Gasteiger partial charge is 0.161 e. The highest BCUT2D eigenvalue weighted by molar-refractivity contribution is 5.99. The number of benzene rings is 1. The molecule has 4 rings (SSSR count). The fourth-order valence-corrected chi connectivity index (χ4v) is 4.32. The lowest BCUT2D eigenvalue weighted by Gasteiger charge is -2.35. The summed E-state index contributed by atoms with van der Waals surface area (Å²) in [5.41, 5.74) is 5.34. The molecule has 0 bridgehead atoms. The van der Waals surface area contributed by atoms with Gasteiger partial charge in [0, 0.05) is 23.4 Å². The third kappa shape index (κ3) is 2.72. The zero-order valence-corrected chi connectivity index (χ0v) is 15.6. The van der Waals surface area contributed by atoms with Gasteiger partial charge in [-0.05, 0) is 63.6 Å². The number of nitriles is 1. The number of carbonyl (C=O) groups is 1. The van der Waals surface area contributed by atoms with Crippen LogP contribution in [-0.4, -0.2) is 11.4 Å². The summed E-state index contributed by atoms with van der Waals surface area (Å²) in [7, 11) is 0. The first-order valence-corrected chi connectivity index (χ1v) is 9.35. The van der Waals surface area contributed by atoms with E-state index in [9.17, 15) is 10.1 Å². The van der Waals surface area contributed by atoms with Crippen LogP contribution in [0.5, 0.6) is 5.75 Å². The molecular weight excluding hydrogens is 324 g/mol. The number of allylic oxidation sites excluding steroid dienone is 4. The van der Waals surface area contributed by atoms with E-state index in [-0.39, 0.29) is 17.3 Å². The SMILES string of the molecule is CC1=C(C#N)[C@@H](c2ccc3c(c2)CCC(C)(C)O3)C2=C(CCCC2=O)N1. The minimum atomic E-state index is -0.260. The van der Waals surface area contributed by atoms with Crippen LogP contribution < -0.4 is 10.1 Å². The fraction of sp³-hybridized carbons (Fsp3) is 0.455. The summed E-state index contributed by atoms with van der Waals surface area (Å²) in [6.07, 6.45) is 4.22. The summed E-state index contributed by atoms with van der Waals surface area (Å²) in [5, 5.41) is 13.1. The largest absolute Gasteiger partial charge is 0.488 e. The molecule has 2 aliphatic heterocycles. The Balaban J connectivity index is 1.82. The molecule has 1 aromatic rings. The van der Waals surface area contributed by atoms with Gasteiger partial charge in [-0.3, -0.25) is 4.79 Å². The van der Waals surface area contributed by atoms with Crippen molar-refractivity contribution in [1.82, 2.24) is 5.32 Å². The van der Waals surface area contributed by atoms with Gasteiger partial charge in [-0.1, -0.05) is 12.1 Å². The van der Waals surface area contributed by atoms with Gasteiger partial charge in [-0.2, -0.15) is 5.26 Å². The van der Waals surface area contributed by atoms with Gasteiger partial charge in [0.1, 0.15) is 11.4 Å². The third-order valence-electron chi connectivity index (χ3n) is 5.70. The summed E-state index contributed by atoms with van der Waals surface area (Å²) >= 11 is 0. The van der Waals surface area contributed by atoms with Crippen LogP contribution >= 0.6 is 0 Å². The van der Waals surface area contributed by atoms with Crippen molar-refractivity contribution >= 4 is 5.78 Å². The second kappa shape index (κ2) is 6.02. The molecular formula is C22H24N2O2. The number of ketones is 1. The standard InChI is InChI=1S/C22H24N2O2/c1-13-16(12-23)20(21-17(24-13)5-4-6-18(21)25)15-7-8-19-14(11-15)9-10-22(2,3)26-19/h7-8,11,20,24H,4-6,9-10H2,1-3H3/t20-/m1/s1. The zero-order valence-electron chi connectivity index (χ0n) is 15.6. The van der Waals surface area contributed by atoms with Gasteiger partial charge in [0.25, 0.3) is 0 Å². The summed E-state index contributed by atoms with van der Waals surface area (Å²) in [6, 6.07) is 8.51. The summed E-state index contributed by atoms with van der Waals surface area (Å²) in [6.45, 7) is 6.14. The number of carbonyl (C=O) groups excluding carboxylic acids is 1. The highest BCUT2D eigenvalue weighted by Crippen LogP contribution is 2.43. The highest BCUT2D eigenvalue weighted by atomic mass is 16.5. The van der Waals surface area contributed by atoms with Crippen LogP contribution in [0.3, 0.4) is 0 Å². The normalized spacial score (nSPS) is 24.2. The van der Waals surface area contributed by atoms with Crippen LogP contribution in [0, 0.1) is 11.3 Å². The lowest BCUT2D eigenvalue weighted by molar-refractivity contribution is -0.116. The van der Waals surface area contributed by atoms with Gasteiger partial charge in [0.05, 0.1) is 17.6 Å². The van der Waals surface area contributed by atoms with Crippen molar-refractivity contribution in [3.63, 3.8) is 0 Å². The summed E-state index contributed by atoms with van der Waals surface area (Å²) in [5.74, 6) is 0.825. The maximum absolute atomic E-state index is 12.7. The number of Topliss-reactive ketones (excluding diaryl/α,β-unsaturated/α-hetero) is 1. The van der Waals surface area contributed by atoms with Crippen molar-refractivity contribution in [2.75, 3.05) is 0 Å². The van der Waals surface area contributed by atoms with Crippen molar-refractivity contribution in [3.8, 4) is 11.8 Å². The molecule has 3 aliphatic rings. The van der Waals surface area contributed by atoms with Gasteiger partial charge in [-0.25, -0.2) is 0 Å². The van der Waals surface area contributed by atoms with E-state index < -0.39 is 0 Å². The average Bonchev–Trinajstić information content (AvgIpc) is 2.59. The minimum Gasteiger partial charge on any atom is -0.488 e. The fourth-order valence-electron chi connectivity index (χ4n) is 4.32. The maximum Gasteiger partial charge on any atom is 0.161 e. The number of hydrogen-bond donors (Lipinski definition) is 1. The number of dihydropyridines is 1. The van der Waals surface area contributed by atoms with E-state index in [1.807, 2.05) is 19.1 Å². The van der Waals surface area contributed by atoms with Gasteiger partial charge in [-0.15, -0.1) is 0 Å². The average molecular weight is 348 g/mol. The molecule has 0 aromatic heterocycles. The Morgan fingerprint density at radius 2 is 2.08 bits per heavy atom. The Morgan fingerprint density at radius 1 is 1.27 bits per heavy atom. The molecule has 0 fully saturated rings. The van der Waals surface area contributed by atoms with Crippen molar-refractivity contribution in [2.45, 2.75) is 64.4 Å². The molecule has 0 radical (unpaired) electrons. The van der Waals surface area contributed by atoms with E-state index in [1.165, 1.54) is 5.56 Å². The molecule has 1 aliphatic carbocycles. The second-order valence-electron chi connectivity index (χ2n) is 8.11. The minimum absolute atomic E-state index is 0.146. The van der Waals surface area contributed by atoms with Gasteiger partial charge >= 0.3 is 0 Å². The number of aryl methyl sites for hydroxylation is 1. The van der Waals surface area contributed by atoms with Crippen molar-refractivity contribution < 1.29 is 9.53 Å². The predicted molar refractivity (Wildman–Crippen MR) is 99.5 cm³/mol. The number of nitrogens with zero attached hydrogens (tertiary/aromatic N) is 1. The molecule has 134 valence electrons. The molecule has 0 saturated heterocycles. The number of hydrogen-bond acceptors (Lipinski definition) is 4. The zero-order chi connectivity index (χ0) is 18.5. The molecule has 26 heavy (non-hydrogen) atoms. The number of rotatable bonds is 1. The highest BCUT2D eigenvalue weighted by Gasteiger charge is 2.36. The number of ether oxygens (including phenoxy) is 1. The summed E-state index contributed by atoms with van der Waals surface area (Å²) < 4.78 is 6.10. The first kappa shape index (κ1) is 16.9. The first-order valence-electron chi connectivity index (χ1n) is 9.35. The Labute approximate surface area is 154 Å². The van der Waals surface area contributed by atoms with Gasteiger partial charge in [0.15, 0.2) is 5.78 Å². The van der Waals surface area contributed by atoms with Crippen LogP contribution in [0.4, 0.5) is 0 Å². The molecule has 4 heteroatoms. The van der Waals surface area contributed by atoms with E-state index >= 15 is 0 Å². The molecule has 1 atom stereocenters. The number of nitrogens with one attached hydrogen (secondary N) is 1.